The number of esters is 1. The quantitative estimate of drug-likeness (QED) is 0.441. The molecule has 2 heterocycles. The summed E-state index contributed by atoms with van der Waals surface area (Å²) < 4.78 is 16.3. The number of fused-ring (bicyclic) bond motifs is 2. The second-order valence-electron chi connectivity index (χ2n) is 6.57. The van der Waals surface area contributed by atoms with Gasteiger partial charge in [-0.2, -0.15) is 0 Å². The molecule has 0 bridgehead atoms. The summed E-state index contributed by atoms with van der Waals surface area (Å²) in [6, 6.07) is 12.0. The van der Waals surface area contributed by atoms with Crippen LogP contribution in [0.2, 0.25) is 0 Å². The molecule has 7 nitrogen and oxygen atoms in total. The zero-order valence-corrected chi connectivity index (χ0v) is 15.6. The van der Waals surface area contributed by atoms with Crippen LogP contribution in [0.5, 0.6) is 11.5 Å². The van der Waals surface area contributed by atoms with Crippen molar-refractivity contribution in [1.82, 2.24) is 4.90 Å². The zero-order chi connectivity index (χ0) is 20.2. The van der Waals surface area contributed by atoms with Crippen molar-refractivity contribution >= 4 is 23.9 Å². The molecule has 0 saturated heterocycles. The van der Waals surface area contributed by atoms with Crippen LogP contribution in [0.4, 0.5) is 0 Å². The van der Waals surface area contributed by atoms with E-state index in [0.29, 0.717) is 35.8 Å². The monoisotopic (exact) mass is 393 g/mol. The van der Waals surface area contributed by atoms with Gasteiger partial charge < -0.3 is 14.2 Å². The lowest BCUT2D eigenvalue weighted by Gasteiger charge is -2.13. The Bertz CT molecular complexity index is 962. The van der Waals surface area contributed by atoms with E-state index in [2.05, 4.69) is 0 Å². The van der Waals surface area contributed by atoms with Crippen molar-refractivity contribution in [3.63, 3.8) is 0 Å². The van der Waals surface area contributed by atoms with Gasteiger partial charge in [0.15, 0.2) is 11.5 Å². The molecule has 29 heavy (non-hydrogen) atoms. The molecule has 0 spiro atoms. The summed E-state index contributed by atoms with van der Waals surface area (Å²) in [6.07, 6.45) is 3.72. The van der Waals surface area contributed by atoms with Crippen molar-refractivity contribution in [2.75, 3.05) is 26.4 Å². The number of benzene rings is 2. The van der Waals surface area contributed by atoms with Gasteiger partial charge >= 0.3 is 5.97 Å². The fraction of sp³-hybridized carbons (Fsp3) is 0.227. The van der Waals surface area contributed by atoms with Gasteiger partial charge in [-0.15, -0.1) is 0 Å². The van der Waals surface area contributed by atoms with Crippen molar-refractivity contribution in [2.45, 2.75) is 6.42 Å². The molecular formula is C22H19NO6. The Morgan fingerprint density at radius 3 is 2.41 bits per heavy atom. The van der Waals surface area contributed by atoms with Gasteiger partial charge in [0.05, 0.1) is 30.9 Å². The topological polar surface area (TPSA) is 82.1 Å². The van der Waals surface area contributed by atoms with Crippen LogP contribution in [0, 0.1) is 0 Å². The van der Waals surface area contributed by atoms with E-state index in [-0.39, 0.29) is 25.0 Å². The van der Waals surface area contributed by atoms with E-state index in [9.17, 15) is 14.4 Å². The predicted octanol–water partition coefficient (Wildman–Crippen LogP) is 2.70. The van der Waals surface area contributed by atoms with Crippen molar-refractivity contribution in [1.29, 1.82) is 0 Å². The first-order chi connectivity index (χ1) is 14.1. The molecule has 2 aliphatic heterocycles. The number of nitrogens with zero attached hydrogens (tertiary/aromatic N) is 1. The third kappa shape index (κ3) is 3.99. The summed E-state index contributed by atoms with van der Waals surface area (Å²) in [7, 11) is 0. The Labute approximate surface area is 167 Å². The van der Waals surface area contributed by atoms with Gasteiger partial charge in [-0.25, -0.2) is 4.79 Å². The lowest BCUT2D eigenvalue weighted by atomic mass is 10.1. The molecule has 2 amide bonds. The van der Waals surface area contributed by atoms with E-state index in [1.807, 2.05) is 6.07 Å². The summed E-state index contributed by atoms with van der Waals surface area (Å²) in [4.78, 5) is 37.6. The number of imide groups is 1. The predicted molar refractivity (Wildman–Crippen MR) is 104 cm³/mol. The van der Waals surface area contributed by atoms with E-state index in [0.717, 1.165) is 16.9 Å². The van der Waals surface area contributed by atoms with E-state index < -0.39 is 5.97 Å². The minimum atomic E-state index is -0.561. The highest BCUT2D eigenvalue weighted by Crippen LogP contribution is 2.30. The summed E-state index contributed by atoms with van der Waals surface area (Å²) in [6.45, 7) is 1.13. The molecule has 2 aromatic carbocycles. The molecule has 0 radical (unpaired) electrons. The average molecular weight is 393 g/mol. The molecule has 4 rings (SSSR count). The molecular weight excluding hydrogens is 374 g/mol. The van der Waals surface area contributed by atoms with Crippen LogP contribution >= 0.6 is 0 Å². The van der Waals surface area contributed by atoms with Crippen molar-refractivity contribution in [2.24, 2.45) is 0 Å². The summed E-state index contributed by atoms with van der Waals surface area (Å²) >= 11 is 0. The maximum Gasteiger partial charge on any atom is 0.330 e. The Hall–Kier alpha value is -3.61. The fourth-order valence-electron chi connectivity index (χ4n) is 3.18. The highest BCUT2D eigenvalue weighted by atomic mass is 16.5. The van der Waals surface area contributed by atoms with Crippen molar-refractivity contribution in [3.05, 3.63) is 65.2 Å². The normalized spacial score (nSPS) is 15.4. The van der Waals surface area contributed by atoms with Gasteiger partial charge in [-0.05, 0) is 35.9 Å². The number of hydrogen-bond donors (Lipinski definition) is 0. The zero-order valence-electron chi connectivity index (χ0n) is 15.6. The van der Waals surface area contributed by atoms with E-state index in [1.165, 1.54) is 6.08 Å². The van der Waals surface area contributed by atoms with Crippen molar-refractivity contribution in [3.8, 4) is 11.5 Å². The highest BCUT2D eigenvalue weighted by molar-refractivity contribution is 6.21. The standard InChI is InChI=1S/C22H19NO6/c24-20(9-7-15-6-8-18-19(14-15)28-12-3-11-27-18)29-13-10-23-21(25)16-4-1-2-5-17(16)22(23)26/h1-2,4-9,14H,3,10-13H2/b9-7+. The van der Waals surface area contributed by atoms with E-state index in [4.69, 9.17) is 14.2 Å². The van der Waals surface area contributed by atoms with Gasteiger partial charge in [-0.1, -0.05) is 18.2 Å². The number of amides is 2. The minimum absolute atomic E-state index is 0.00987. The Morgan fingerprint density at radius 1 is 1.00 bits per heavy atom. The van der Waals surface area contributed by atoms with Gasteiger partial charge in [0.2, 0.25) is 0 Å². The van der Waals surface area contributed by atoms with Gasteiger partial charge in [-0.3, -0.25) is 14.5 Å². The number of ether oxygens (including phenoxy) is 3. The molecule has 148 valence electrons. The maximum atomic E-state index is 12.3. The molecule has 0 unspecified atom stereocenters. The highest BCUT2D eigenvalue weighted by Gasteiger charge is 2.34. The van der Waals surface area contributed by atoms with Crippen LogP contribution in [0.1, 0.15) is 32.7 Å². The van der Waals surface area contributed by atoms with Crippen LogP contribution in [-0.4, -0.2) is 49.0 Å². The average Bonchev–Trinajstić information content (AvgIpc) is 2.90. The molecule has 0 aliphatic carbocycles. The number of rotatable bonds is 5. The first-order valence-corrected chi connectivity index (χ1v) is 9.33. The molecule has 0 fully saturated rings. The lowest BCUT2D eigenvalue weighted by molar-refractivity contribution is -0.137. The van der Waals surface area contributed by atoms with Gasteiger partial charge in [0.1, 0.15) is 6.61 Å². The molecule has 7 heteroatoms. The van der Waals surface area contributed by atoms with Crippen LogP contribution in [-0.2, 0) is 9.53 Å². The summed E-state index contributed by atoms with van der Waals surface area (Å²) in [5.74, 6) is 0.0225. The van der Waals surface area contributed by atoms with Crippen LogP contribution in [0.25, 0.3) is 6.08 Å². The molecule has 0 N–H and O–H groups in total. The number of carbonyl (C=O) groups is 3. The maximum absolute atomic E-state index is 12.3. The van der Waals surface area contributed by atoms with Crippen LogP contribution in [0.15, 0.2) is 48.5 Å². The molecule has 0 aromatic heterocycles. The van der Waals surface area contributed by atoms with Crippen molar-refractivity contribution < 1.29 is 28.6 Å². The summed E-state index contributed by atoms with van der Waals surface area (Å²) in [5.41, 5.74) is 1.52. The Kier molecular flexibility index (Phi) is 5.29. The molecule has 2 aliphatic rings. The van der Waals surface area contributed by atoms with E-state index >= 15 is 0 Å². The second-order valence-corrected chi connectivity index (χ2v) is 6.57. The first-order valence-electron chi connectivity index (χ1n) is 9.33. The number of hydrogen-bond acceptors (Lipinski definition) is 6. The number of carbonyl (C=O) groups excluding carboxylic acids is 3. The summed E-state index contributed by atoms with van der Waals surface area (Å²) in [5, 5.41) is 0. The first kappa shape index (κ1) is 18.7. The van der Waals surface area contributed by atoms with E-state index in [1.54, 1.807) is 42.5 Å². The SMILES string of the molecule is O=C(/C=C/c1ccc2c(c1)OCCCO2)OCCN1C(=O)c2ccccc2C1=O. The largest absolute Gasteiger partial charge is 0.490 e. The minimum Gasteiger partial charge on any atom is -0.490 e. The smallest absolute Gasteiger partial charge is 0.330 e. The molecule has 0 atom stereocenters. The van der Waals surface area contributed by atoms with Crippen LogP contribution < -0.4 is 9.47 Å². The molecule has 0 saturated carbocycles. The van der Waals surface area contributed by atoms with Crippen LogP contribution in [0.3, 0.4) is 0 Å². The third-order valence-electron chi connectivity index (χ3n) is 4.62. The fourth-order valence-corrected chi connectivity index (χ4v) is 3.18. The second kappa shape index (κ2) is 8.18. The van der Waals surface area contributed by atoms with Gasteiger partial charge in [0.25, 0.3) is 11.8 Å². The third-order valence-corrected chi connectivity index (χ3v) is 4.62. The Morgan fingerprint density at radius 2 is 1.69 bits per heavy atom. The Balaban J connectivity index is 1.30. The lowest BCUT2D eigenvalue weighted by Crippen LogP contribution is -2.33. The molecule has 2 aromatic rings. The van der Waals surface area contributed by atoms with Gasteiger partial charge in [0, 0.05) is 12.5 Å².